The lowest BCUT2D eigenvalue weighted by Gasteiger charge is -2.21. The normalized spacial score (nSPS) is 13.1. The smallest absolute Gasteiger partial charge is 0.164 e. The highest BCUT2D eigenvalue weighted by Crippen LogP contribution is 2.46. The third-order valence-corrected chi connectivity index (χ3v) is 18.8. The fraction of sp³-hybridized carbons (Fsp3) is 0.0230. The number of aromatic nitrogens is 6. The quantitative estimate of drug-likeness (QED) is 0.130. The van der Waals surface area contributed by atoms with Gasteiger partial charge in [-0.2, -0.15) is 0 Å². The maximum Gasteiger partial charge on any atom is 0.164 e. The Labute approximate surface area is 538 Å². The van der Waals surface area contributed by atoms with Gasteiger partial charge in [-0.25, -0.2) is 15.0 Å². The molecule has 1 atom stereocenters. The third-order valence-electron chi connectivity index (χ3n) is 18.8. The molecule has 6 nitrogen and oxygen atoms in total. The second kappa shape index (κ2) is 22.4. The minimum Gasteiger partial charge on any atom is -0.309 e. The van der Waals surface area contributed by atoms with Crippen molar-refractivity contribution in [3.63, 3.8) is 0 Å². The first kappa shape index (κ1) is 53.7. The maximum absolute atomic E-state index is 5.65. The Morgan fingerprint density at radius 1 is 0.258 bits per heavy atom. The minimum atomic E-state index is 0.192. The van der Waals surface area contributed by atoms with Gasteiger partial charge in [0.15, 0.2) is 17.5 Å². The molecule has 6 heteroatoms. The van der Waals surface area contributed by atoms with Gasteiger partial charge in [0, 0.05) is 77.4 Å². The largest absolute Gasteiger partial charge is 0.309 e. The molecule has 93 heavy (non-hydrogen) atoms. The Hall–Kier alpha value is -12.3. The van der Waals surface area contributed by atoms with Crippen LogP contribution < -0.4 is 0 Å². The first-order chi connectivity index (χ1) is 46.1. The van der Waals surface area contributed by atoms with E-state index in [1.807, 2.05) is 0 Å². The molecule has 17 aromatic rings. The van der Waals surface area contributed by atoms with Gasteiger partial charge in [-0.1, -0.05) is 255 Å². The van der Waals surface area contributed by atoms with Crippen molar-refractivity contribution in [2.75, 3.05) is 0 Å². The van der Waals surface area contributed by atoms with Crippen LogP contribution in [0.25, 0.3) is 161 Å². The lowest BCUT2D eigenvalue weighted by atomic mass is 9.88. The van der Waals surface area contributed by atoms with Gasteiger partial charge in [-0.15, -0.1) is 0 Å². The Balaban J connectivity index is 0.920. The molecule has 1 aliphatic rings. The van der Waals surface area contributed by atoms with Crippen molar-refractivity contribution in [2.24, 2.45) is 0 Å². The van der Waals surface area contributed by atoms with E-state index in [9.17, 15) is 0 Å². The molecule has 0 saturated carbocycles. The van der Waals surface area contributed by atoms with E-state index in [1.54, 1.807) is 0 Å². The van der Waals surface area contributed by atoms with Crippen LogP contribution >= 0.6 is 0 Å². The SMILES string of the molecule is C1=CCC(c2cc(-c3ccccc3)cc(-c3nc(-c4ccc(-c5ccccc5)cc4)nc(-c4cc(-c5ccccc5)c(-n5c6ccc(-n7c8ccccc8c8ccccc87)cc6c6ccc(-n7c8ccccc8c8ccccc87)cc65)c(-c5ccccc5)c4)n3)c2)C=C1. The summed E-state index contributed by atoms with van der Waals surface area (Å²) in [5.74, 6) is 1.95. The molecular weight excluding hydrogens is 1130 g/mol. The number of hydrogen-bond acceptors (Lipinski definition) is 3. The van der Waals surface area contributed by atoms with Crippen LogP contribution in [0.15, 0.2) is 334 Å². The molecule has 0 N–H and O–H groups in total. The summed E-state index contributed by atoms with van der Waals surface area (Å²) in [6, 6.07) is 112. The van der Waals surface area contributed by atoms with Crippen LogP contribution in [0.1, 0.15) is 17.9 Å². The predicted molar refractivity (Wildman–Crippen MR) is 387 cm³/mol. The second-order valence-corrected chi connectivity index (χ2v) is 24.2. The monoisotopic (exact) mass is 1190 g/mol. The summed E-state index contributed by atoms with van der Waals surface area (Å²) in [6.07, 6.45) is 9.76. The molecule has 436 valence electrons. The standard InChI is InChI=1S/C87H58N6/c1-6-24-57(25-7-1)60-42-44-63(45-43-60)85-88-86(66-51-64(58-26-8-2-9-27-58)50-65(52-66)59-28-10-3-11-29-59)90-87(89-85)67-53-75(61-30-12-4-13-31-61)84(76(54-67)62-32-14-5-15-33-62)93-82-49-47-68(91-78-38-20-16-34-70(78)71-35-17-21-39-79(71)91)55-77(82)74-48-46-69(56-83(74)93)92-80-40-22-18-36-72(80)73-37-19-23-41-81(73)92/h1-28,30-56,59H,29H2. The minimum absolute atomic E-state index is 0.192. The summed E-state index contributed by atoms with van der Waals surface area (Å²) >= 11 is 0. The topological polar surface area (TPSA) is 53.5 Å². The van der Waals surface area contributed by atoms with Gasteiger partial charge in [0.25, 0.3) is 0 Å². The third kappa shape index (κ3) is 9.29. The molecule has 1 unspecified atom stereocenters. The molecule has 0 amide bonds. The highest BCUT2D eigenvalue weighted by atomic mass is 15.0. The van der Waals surface area contributed by atoms with E-state index >= 15 is 0 Å². The molecule has 4 heterocycles. The highest BCUT2D eigenvalue weighted by molar-refractivity contribution is 6.15. The molecule has 0 aliphatic heterocycles. The van der Waals surface area contributed by atoms with Crippen LogP contribution in [-0.4, -0.2) is 28.7 Å². The van der Waals surface area contributed by atoms with Gasteiger partial charge in [0.1, 0.15) is 0 Å². The second-order valence-electron chi connectivity index (χ2n) is 24.2. The van der Waals surface area contributed by atoms with Crippen LogP contribution in [0, 0.1) is 0 Å². The first-order valence-corrected chi connectivity index (χ1v) is 31.9. The molecule has 0 radical (unpaired) electrons. The van der Waals surface area contributed by atoms with Crippen molar-refractivity contribution in [3.05, 3.63) is 339 Å². The van der Waals surface area contributed by atoms with E-state index in [0.717, 1.165) is 118 Å². The molecule has 1 aliphatic carbocycles. The Morgan fingerprint density at radius 3 is 1.17 bits per heavy atom. The number of hydrogen-bond donors (Lipinski definition) is 0. The molecule has 0 saturated heterocycles. The predicted octanol–water partition coefficient (Wildman–Crippen LogP) is 22.4. The van der Waals surface area contributed by atoms with E-state index < -0.39 is 0 Å². The molecule has 0 fully saturated rings. The van der Waals surface area contributed by atoms with Gasteiger partial charge in [0.05, 0.1) is 38.8 Å². The average molecular weight is 1190 g/mol. The number of benzene rings is 13. The number of fused-ring (bicyclic) bond motifs is 9. The summed E-state index contributed by atoms with van der Waals surface area (Å²) in [5.41, 5.74) is 22.6. The number of rotatable bonds is 11. The zero-order valence-corrected chi connectivity index (χ0v) is 50.7. The van der Waals surface area contributed by atoms with Crippen molar-refractivity contribution >= 4 is 65.4 Å². The number of allylic oxidation sites excluding steroid dienone is 4. The molecule has 13 aromatic carbocycles. The number of nitrogens with zero attached hydrogens (tertiary/aromatic N) is 6. The van der Waals surface area contributed by atoms with Gasteiger partial charge >= 0.3 is 0 Å². The Morgan fingerprint density at radius 2 is 0.656 bits per heavy atom. The van der Waals surface area contributed by atoms with Crippen LogP contribution in [0.5, 0.6) is 0 Å². The lowest BCUT2D eigenvalue weighted by molar-refractivity contribution is 0.854. The van der Waals surface area contributed by atoms with Crippen LogP contribution in [0.3, 0.4) is 0 Å². The molecule has 0 spiro atoms. The zero-order chi connectivity index (χ0) is 61.3. The van der Waals surface area contributed by atoms with Gasteiger partial charge in [-0.05, 0) is 124 Å². The van der Waals surface area contributed by atoms with E-state index in [1.165, 1.54) is 38.1 Å². The molecule has 4 aromatic heterocycles. The van der Waals surface area contributed by atoms with Gasteiger partial charge in [0.2, 0.25) is 0 Å². The van der Waals surface area contributed by atoms with E-state index in [0.29, 0.717) is 17.5 Å². The van der Waals surface area contributed by atoms with E-state index in [-0.39, 0.29) is 5.92 Å². The van der Waals surface area contributed by atoms with Crippen LogP contribution in [-0.2, 0) is 0 Å². The van der Waals surface area contributed by atoms with Crippen molar-refractivity contribution in [2.45, 2.75) is 12.3 Å². The maximum atomic E-state index is 5.65. The van der Waals surface area contributed by atoms with Crippen molar-refractivity contribution in [1.82, 2.24) is 28.7 Å². The zero-order valence-electron chi connectivity index (χ0n) is 50.7. The lowest BCUT2D eigenvalue weighted by Crippen LogP contribution is -2.05. The van der Waals surface area contributed by atoms with Gasteiger partial charge in [-0.3, -0.25) is 0 Å². The van der Waals surface area contributed by atoms with Crippen molar-refractivity contribution in [3.8, 4) is 95.7 Å². The fourth-order valence-electron chi connectivity index (χ4n) is 14.4. The summed E-state index contributed by atoms with van der Waals surface area (Å²) < 4.78 is 7.40. The van der Waals surface area contributed by atoms with Crippen molar-refractivity contribution in [1.29, 1.82) is 0 Å². The first-order valence-electron chi connectivity index (χ1n) is 31.9. The summed E-state index contributed by atoms with van der Waals surface area (Å²) in [7, 11) is 0. The Bertz CT molecular complexity index is 5650. The molecular formula is C87H58N6. The number of para-hydroxylation sites is 4. The van der Waals surface area contributed by atoms with Crippen LogP contribution in [0.2, 0.25) is 0 Å². The summed E-state index contributed by atoms with van der Waals surface area (Å²) in [6.45, 7) is 0. The summed E-state index contributed by atoms with van der Waals surface area (Å²) in [5, 5.41) is 7.17. The van der Waals surface area contributed by atoms with Crippen LogP contribution in [0.4, 0.5) is 0 Å². The fourth-order valence-corrected chi connectivity index (χ4v) is 14.4. The van der Waals surface area contributed by atoms with E-state index in [4.69, 9.17) is 15.0 Å². The van der Waals surface area contributed by atoms with Gasteiger partial charge < -0.3 is 13.7 Å². The molecule has 18 rings (SSSR count). The van der Waals surface area contributed by atoms with Crippen molar-refractivity contribution < 1.29 is 0 Å². The highest BCUT2D eigenvalue weighted by Gasteiger charge is 2.26. The average Bonchev–Trinajstić information content (AvgIpc) is 1.60. The molecule has 0 bridgehead atoms. The summed E-state index contributed by atoms with van der Waals surface area (Å²) in [4.78, 5) is 16.7. The Kier molecular flexibility index (Phi) is 12.9. The van der Waals surface area contributed by atoms with E-state index in [2.05, 4.69) is 347 Å².